The summed E-state index contributed by atoms with van der Waals surface area (Å²) in [5.74, 6) is -0.284. The van der Waals surface area contributed by atoms with E-state index >= 15 is 0 Å². The molecule has 2 atom stereocenters. The Morgan fingerprint density at radius 3 is 2.48 bits per heavy atom. The quantitative estimate of drug-likeness (QED) is 0.665. The van der Waals surface area contributed by atoms with Crippen LogP contribution in [0.25, 0.3) is 0 Å². The van der Waals surface area contributed by atoms with Crippen LogP contribution in [-0.2, 0) is 20.9 Å². The Hall–Kier alpha value is -2.44. The molecule has 0 aromatic carbocycles. The van der Waals surface area contributed by atoms with Gasteiger partial charge in [0, 0.05) is 18.0 Å². The molecule has 2 N–H and O–H groups in total. The molecule has 7 nitrogen and oxygen atoms in total. The summed E-state index contributed by atoms with van der Waals surface area (Å²) in [4.78, 5) is 39.4. The molecule has 1 aromatic heterocycles. The van der Waals surface area contributed by atoms with Crippen molar-refractivity contribution in [3.05, 3.63) is 30.1 Å². The second-order valence-electron chi connectivity index (χ2n) is 6.68. The number of hydrogen-bond donors (Lipinski definition) is 2. The van der Waals surface area contributed by atoms with E-state index in [9.17, 15) is 14.4 Å². The third-order valence-corrected chi connectivity index (χ3v) is 3.53. The standard InChI is InChI=1S/C18H27N3O4/c1-12(2)8-15(10-22)20-17(23)16(13(3)4)21-18(24)25-11-14-6-5-7-19-9-14/h5-7,9-10,12-13,15-16H,8,11H2,1-4H3,(H,20,23)(H,21,24)/t15-,16-/m0/s1. The molecule has 0 aliphatic rings. The molecule has 138 valence electrons. The number of amides is 2. The summed E-state index contributed by atoms with van der Waals surface area (Å²) in [5.41, 5.74) is 0.751. The number of ether oxygens (including phenoxy) is 1. The van der Waals surface area contributed by atoms with Crippen molar-refractivity contribution in [2.75, 3.05) is 0 Å². The first-order valence-electron chi connectivity index (χ1n) is 8.41. The summed E-state index contributed by atoms with van der Waals surface area (Å²) in [6.45, 7) is 7.62. The van der Waals surface area contributed by atoms with Crippen molar-refractivity contribution in [2.45, 2.75) is 52.8 Å². The van der Waals surface area contributed by atoms with Gasteiger partial charge < -0.3 is 20.2 Å². The molecular weight excluding hydrogens is 322 g/mol. The van der Waals surface area contributed by atoms with Crippen LogP contribution in [0.5, 0.6) is 0 Å². The SMILES string of the molecule is CC(C)C[C@@H](C=O)NC(=O)[C@@H](NC(=O)OCc1cccnc1)C(C)C. The van der Waals surface area contributed by atoms with Crippen molar-refractivity contribution in [3.8, 4) is 0 Å². The summed E-state index contributed by atoms with van der Waals surface area (Å²) in [6.07, 6.45) is 3.80. The lowest BCUT2D eigenvalue weighted by Crippen LogP contribution is -2.52. The molecule has 0 aliphatic carbocycles. The fourth-order valence-corrected chi connectivity index (χ4v) is 2.26. The lowest BCUT2D eigenvalue weighted by Gasteiger charge is -2.24. The van der Waals surface area contributed by atoms with E-state index in [1.807, 2.05) is 27.7 Å². The highest BCUT2D eigenvalue weighted by Crippen LogP contribution is 2.07. The molecule has 7 heteroatoms. The van der Waals surface area contributed by atoms with Gasteiger partial charge in [0.2, 0.25) is 5.91 Å². The molecule has 0 saturated carbocycles. The van der Waals surface area contributed by atoms with Crippen molar-refractivity contribution >= 4 is 18.3 Å². The number of aldehydes is 1. The van der Waals surface area contributed by atoms with Gasteiger partial charge in [0.15, 0.2) is 0 Å². The Balaban J connectivity index is 2.58. The van der Waals surface area contributed by atoms with Gasteiger partial charge in [0.1, 0.15) is 18.9 Å². The topological polar surface area (TPSA) is 97.4 Å². The second-order valence-corrected chi connectivity index (χ2v) is 6.68. The Kier molecular flexibility index (Phi) is 8.60. The maximum Gasteiger partial charge on any atom is 0.408 e. The first-order chi connectivity index (χ1) is 11.8. The molecule has 1 rings (SSSR count). The normalized spacial score (nSPS) is 13.2. The van der Waals surface area contributed by atoms with Crippen LogP contribution in [0.1, 0.15) is 39.7 Å². The van der Waals surface area contributed by atoms with E-state index in [2.05, 4.69) is 15.6 Å². The Morgan fingerprint density at radius 1 is 1.24 bits per heavy atom. The van der Waals surface area contributed by atoms with Crippen molar-refractivity contribution in [2.24, 2.45) is 11.8 Å². The summed E-state index contributed by atoms with van der Waals surface area (Å²) in [6, 6.07) is 2.18. The minimum Gasteiger partial charge on any atom is -0.445 e. The molecule has 0 bridgehead atoms. The van der Waals surface area contributed by atoms with Crippen LogP contribution >= 0.6 is 0 Å². The Morgan fingerprint density at radius 2 is 1.96 bits per heavy atom. The molecule has 0 aliphatic heterocycles. The zero-order valence-electron chi connectivity index (χ0n) is 15.2. The zero-order valence-corrected chi connectivity index (χ0v) is 15.2. The molecule has 25 heavy (non-hydrogen) atoms. The van der Waals surface area contributed by atoms with Gasteiger partial charge in [-0.05, 0) is 24.3 Å². The van der Waals surface area contributed by atoms with Gasteiger partial charge in [-0.2, -0.15) is 0 Å². The molecule has 0 spiro atoms. The molecule has 1 aromatic rings. The Labute approximate surface area is 148 Å². The number of carbonyl (C=O) groups is 3. The predicted molar refractivity (Wildman–Crippen MR) is 93.6 cm³/mol. The van der Waals surface area contributed by atoms with E-state index in [0.29, 0.717) is 6.42 Å². The van der Waals surface area contributed by atoms with E-state index in [1.54, 1.807) is 24.5 Å². The number of nitrogens with one attached hydrogen (secondary N) is 2. The van der Waals surface area contributed by atoms with Gasteiger partial charge in [-0.1, -0.05) is 33.8 Å². The fourth-order valence-electron chi connectivity index (χ4n) is 2.26. The maximum atomic E-state index is 12.4. The number of carbonyl (C=O) groups excluding carboxylic acids is 3. The number of nitrogens with zero attached hydrogens (tertiary/aromatic N) is 1. The highest BCUT2D eigenvalue weighted by atomic mass is 16.5. The van der Waals surface area contributed by atoms with Crippen molar-refractivity contribution in [1.29, 1.82) is 0 Å². The molecule has 1 heterocycles. The fraction of sp³-hybridized carbons (Fsp3) is 0.556. The van der Waals surface area contributed by atoms with Gasteiger partial charge >= 0.3 is 6.09 Å². The first kappa shape index (κ1) is 20.6. The van der Waals surface area contributed by atoms with Gasteiger partial charge in [0.05, 0.1) is 6.04 Å². The average Bonchev–Trinajstić information content (AvgIpc) is 2.57. The summed E-state index contributed by atoms with van der Waals surface area (Å²) >= 11 is 0. The molecule has 0 radical (unpaired) electrons. The van der Waals surface area contributed by atoms with E-state index in [-0.39, 0.29) is 18.4 Å². The minimum absolute atomic E-state index is 0.0659. The van der Waals surface area contributed by atoms with Crippen LogP contribution < -0.4 is 10.6 Å². The molecule has 2 amide bonds. The number of hydrogen-bond acceptors (Lipinski definition) is 5. The van der Waals surface area contributed by atoms with E-state index in [0.717, 1.165) is 11.8 Å². The molecule has 0 unspecified atom stereocenters. The van der Waals surface area contributed by atoms with Crippen molar-refractivity contribution in [1.82, 2.24) is 15.6 Å². The highest BCUT2D eigenvalue weighted by Gasteiger charge is 2.26. The highest BCUT2D eigenvalue weighted by molar-refractivity contribution is 5.87. The predicted octanol–water partition coefficient (Wildman–Crippen LogP) is 2.06. The molecule has 0 fully saturated rings. The van der Waals surface area contributed by atoms with Gasteiger partial charge in [-0.15, -0.1) is 0 Å². The number of rotatable bonds is 9. The third kappa shape index (κ3) is 7.78. The lowest BCUT2D eigenvalue weighted by molar-refractivity contribution is -0.126. The Bertz CT molecular complexity index is 561. The summed E-state index contributed by atoms with van der Waals surface area (Å²) < 4.78 is 5.12. The second kappa shape index (κ2) is 10.4. The lowest BCUT2D eigenvalue weighted by atomic mass is 10.0. The van der Waals surface area contributed by atoms with Crippen LogP contribution in [0, 0.1) is 11.8 Å². The van der Waals surface area contributed by atoms with Crippen molar-refractivity contribution in [3.63, 3.8) is 0 Å². The average molecular weight is 349 g/mol. The van der Waals surface area contributed by atoms with Crippen LogP contribution in [0.3, 0.4) is 0 Å². The van der Waals surface area contributed by atoms with Crippen LogP contribution in [0.15, 0.2) is 24.5 Å². The van der Waals surface area contributed by atoms with E-state index in [4.69, 9.17) is 4.74 Å². The van der Waals surface area contributed by atoms with Gasteiger partial charge in [0.25, 0.3) is 0 Å². The maximum absolute atomic E-state index is 12.4. The zero-order chi connectivity index (χ0) is 18.8. The van der Waals surface area contributed by atoms with Gasteiger partial charge in [-0.3, -0.25) is 9.78 Å². The third-order valence-electron chi connectivity index (χ3n) is 3.53. The minimum atomic E-state index is -0.781. The van der Waals surface area contributed by atoms with Crippen molar-refractivity contribution < 1.29 is 19.1 Å². The van der Waals surface area contributed by atoms with Crippen LogP contribution in [0.4, 0.5) is 4.79 Å². The van der Waals surface area contributed by atoms with Crippen LogP contribution in [-0.4, -0.2) is 35.4 Å². The summed E-state index contributed by atoms with van der Waals surface area (Å²) in [5, 5.41) is 5.23. The van der Waals surface area contributed by atoms with Gasteiger partial charge in [-0.25, -0.2) is 4.79 Å². The first-order valence-corrected chi connectivity index (χ1v) is 8.41. The monoisotopic (exact) mass is 349 g/mol. The molecular formula is C18H27N3O4. The number of alkyl carbamates (subject to hydrolysis) is 1. The number of pyridine rings is 1. The number of aromatic nitrogens is 1. The largest absolute Gasteiger partial charge is 0.445 e. The molecule has 0 saturated heterocycles. The summed E-state index contributed by atoms with van der Waals surface area (Å²) in [7, 11) is 0. The van der Waals surface area contributed by atoms with Crippen LogP contribution in [0.2, 0.25) is 0 Å². The van der Waals surface area contributed by atoms with E-state index < -0.39 is 24.1 Å². The smallest absolute Gasteiger partial charge is 0.408 e. The van der Waals surface area contributed by atoms with E-state index in [1.165, 1.54) is 0 Å².